The van der Waals surface area contributed by atoms with Gasteiger partial charge in [0.25, 0.3) is 0 Å². The number of hydrogen-bond acceptors (Lipinski definition) is 2. The van der Waals surface area contributed by atoms with Crippen LogP contribution in [0.15, 0.2) is 34.8 Å². The molecule has 2 nitrogen and oxygen atoms in total. The minimum atomic E-state index is -0.281. The van der Waals surface area contributed by atoms with Crippen molar-refractivity contribution in [2.24, 2.45) is 5.84 Å². The van der Waals surface area contributed by atoms with Gasteiger partial charge in [-0.15, -0.1) is 0 Å². The minimum Gasteiger partial charge on any atom is -0.271 e. The first kappa shape index (κ1) is 15.2. The van der Waals surface area contributed by atoms with Crippen LogP contribution in [0.1, 0.15) is 33.9 Å². The molecule has 3 N–H and O–H groups in total. The van der Waals surface area contributed by atoms with Crippen molar-refractivity contribution >= 4 is 15.9 Å². The molecule has 0 aromatic heterocycles. The molecule has 0 fully saturated rings. The van der Waals surface area contributed by atoms with E-state index in [0.717, 1.165) is 16.7 Å². The van der Waals surface area contributed by atoms with Crippen molar-refractivity contribution in [3.8, 4) is 0 Å². The van der Waals surface area contributed by atoms with Crippen LogP contribution < -0.4 is 11.3 Å². The van der Waals surface area contributed by atoms with Gasteiger partial charge in [0.15, 0.2) is 0 Å². The first-order valence-corrected chi connectivity index (χ1v) is 7.21. The molecule has 2 rings (SSSR count). The van der Waals surface area contributed by atoms with Crippen LogP contribution in [-0.4, -0.2) is 0 Å². The second-order valence-corrected chi connectivity index (χ2v) is 6.01. The summed E-state index contributed by atoms with van der Waals surface area (Å²) in [4.78, 5) is 0. The molecule has 0 saturated heterocycles. The van der Waals surface area contributed by atoms with Gasteiger partial charge in [0.2, 0.25) is 0 Å². The summed E-state index contributed by atoms with van der Waals surface area (Å²) in [7, 11) is 0. The first-order valence-electron chi connectivity index (χ1n) is 6.42. The fourth-order valence-corrected chi connectivity index (χ4v) is 2.88. The molecule has 4 heteroatoms. The Bertz CT molecular complexity index is 620. The van der Waals surface area contributed by atoms with Crippen molar-refractivity contribution in [1.29, 1.82) is 0 Å². The van der Waals surface area contributed by atoms with Crippen LogP contribution in [0.3, 0.4) is 0 Å². The summed E-state index contributed by atoms with van der Waals surface area (Å²) in [5.41, 5.74) is 8.22. The fraction of sp³-hybridized carbons (Fsp3) is 0.250. The second kappa shape index (κ2) is 6.04. The van der Waals surface area contributed by atoms with Crippen LogP contribution in [0, 0.1) is 26.6 Å². The smallest absolute Gasteiger partial charge is 0.124 e. The van der Waals surface area contributed by atoms with Crippen molar-refractivity contribution in [1.82, 2.24) is 5.43 Å². The predicted molar refractivity (Wildman–Crippen MR) is 83.9 cm³/mol. The Balaban J connectivity index is 2.55. The van der Waals surface area contributed by atoms with Gasteiger partial charge in [0, 0.05) is 4.47 Å². The number of hydrazine groups is 1. The normalized spacial score (nSPS) is 12.5. The summed E-state index contributed by atoms with van der Waals surface area (Å²) in [6, 6.07) is 8.81. The lowest BCUT2D eigenvalue weighted by molar-refractivity contribution is 0.602. The standard InChI is InChI=1S/C16H18BrFN2/c1-9-4-11(3)15(5-10(9)2)16(20-19)12-6-13(17)8-14(18)7-12/h4-8,16,20H,19H2,1-3H3. The molecule has 0 radical (unpaired) electrons. The van der Waals surface area contributed by atoms with Gasteiger partial charge in [0.05, 0.1) is 6.04 Å². The Hall–Kier alpha value is -1.23. The van der Waals surface area contributed by atoms with E-state index < -0.39 is 0 Å². The molecular weight excluding hydrogens is 319 g/mol. The average Bonchev–Trinajstić information content (AvgIpc) is 2.35. The maximum absolute atomic E-state index is 13.6. The average molecular weight is 337 g/mol. The van der Waals surface area contributed by atoms with Crippen LogP contribution in [0.25, 0.3) is 0 Å². The number of aryl methyl sites for hydroxylation is 3. The van der Waals surface area contributed by atoms with E-state index in [1.54, 1.807) is 0 Å². The van der Waals surface area contributed by atoms with Gasteiger partial charge in [-0.3, -0.25) is 5.84 Å². The van der Waals surface area contributed by atoms with Crippen molar-refractivity contribution < 1.29 is 4.39 Å². The third-order valence-corrected chi connectivity index (χ3v) is 4.04. The Morgan fingerprint density at radius 3 is 2.25 bits per heavy atom. The molecule has 2 aromatic carbocycles. The van der Waals surface area contributed by atoms with Gasteiger partial charge in [-0.1, -0.05) is 28.1 Å². The summed E-state index contributed by atoms with van der Waals surface area (Å²) in [5, 5.41) is 0. The van der Waals surface area contributed by atoms with Gasteiger partial charge < -0.3 is 0 Å². The molecule has 0 saturated carbocycles. The van der Waals surface area contributed by atoms with Gasteiger partial charge in [0.1, 0.15) is 5.82 Å². The Morgan fingerprint density at radius 1 is 1.00 bits per heavy atom. The fourth-order valence-electron chi connectivity index (χ4n) is 2.40. The van der Waals surface area contributed by atoms with E-state index >= 15 is 0 Å². The molecule has 106 valence electrons. The van der Waals surface area contributed by atoms with E-state index in [1.165, 1.54) is 23.3 Å². The van der Waals surface area contributed by atoms with Crippen LogP contribution in [0.2, 0.25) is 0 Å². The number of rotatable bonds is 3. The number of nitrogens with one attached hydrogen (secondary N) is 1. The quantitative estimate of drug-likeness (QED) is 0.655. The van der Waals surface area contributed by atoms with Gasteiger partial charge in [-0.05, 0) is 66.8 Å². The number of nitrogens with two attached hydrogens (primary N) is 1. The van der Waals surface area contributed by atoms with Gasteiger partial charge in [-0.25, -0.2) is 9.82 Å². The first-order chi connectivity index (χ1) is 9.42. The highest BCUT2D eigenvalue weighted by molar-refractivity contribution is 9.10. The summed E-state index contributed by atoms with van der Waals surface area (Å²) < 4.78 is 14.3. The number of halogens is 2. The van der Waals surface area contributed by atoms with Crippen LogP contribution in [-0.2, 0) is 0 Å². The second-order valence-electron chi connectivity index (χ2n) is 5.10. The molecule has 1 unspecified atom stereocenters. The zero-order valence-electron chi connectivity index (χ0n) is 11.8. The topological polar surface area (TPSA) is 38.0 Å². The maximum atomic E-state index is 13.6. The summed E-state index contributed by atoms with van der Waals surface area (Å²) in [6.45, 7) is 6.18. The number of hydrogen-bond donors (Lipinski definition) is 2. The summed E-state index contributed by atoms with van der Waals surface area (Å²) in [5.74, 6) is 5.42. The summed E-state index contributed by atoms with van der Waals surface area (Å²) in [6.07, 6.45) is 0. The molecule has 1 atom stereocenters. The zero-order chi connectivity index (χ0) is 14.9. The molecule has 20 heavy (non-hydrogen) atoms. The molecule has 2 aromatic rings. The molecule has 0 spiro atoms. The zero-order valence-corrected chi connectivity index (χ0v) is 13.4. The minimum absolute atomic E-state index is 0.235. The highest BCUT2D eigenvalue weighted by Crippen LogP contribution is 2.29. The van der Waals surface area contributed by atoms with Gasteiger partial charge >= 0.3 is 0 Å². The lowest BCUT2D eigenvalue weighted by Gasteiger charge is -2.21. The molecule has 0 aliphatic heterocycles. The Morgan fingerprint density at radius 2 is 1.65 bits per heavy atom. The molecular formula is C16H18BrFN2. The highest BCUT2D eigenvalue weighted by atomic mass is 79.9. The van der Waals surface area contributed by atoms with E-state index in [2.05, 4.69) is 47.3 Å². The van der Waals surface area contributed by atoms with E-state index in [4.69, 9.17) is 5.84 Å². The predicted octanol–water partition coefficient (Wildman–Crippen LogP) is 4.07. The SMILES string of the molecule is Cc1cc(C)c(C(NN)c2cc(F)cc(Br)c2)cc1C. The Kier molecular flexibility index (Phi) is 4.58. The lowest BCUT2D eigenvalue weighted by Crippen LogP contribution is -2.29. The van der Waals surface area contributed by atoms with Crippen LogP contribution >= 0.6 is 15.9 Å². The van der Waals surface area contributed by atoms with Crippen molar-refractivity contribution in [2.45, 2.75) is 26.8 Å². The van der Waals surface area contributed by atoms with Crippen LogP contribution in [0.4, 0.5) is 4.39 Å². The monoisotopic (exact) mass is 336 g/mol. The van der Waals surface area contributed by atoms with E-state index in [1.807, 2.05) is 13.0 Å². The highest BCUT2D eigenvalue weighted by Gasteiger charge is 2.17. The molecule has 0 bridgehead atoms. The Labute approximate surface area is 127 Å². The molecule has 0 amide bonds. The summed E-state index contributed by atoms with van der Waals surface area (Å²) >= 11 is 3.32. The molecule has 0 heterocycles. The largest absolute Gasteiger partial charge is 0.271 e. The van der Waals surface area contributed by atoms with Gasteiger partial charge in [-0.2, -0.15) is 0 Å². The van der Waals surface area contributed by atoms with Crippen molar-refractivity contribution in [3.05, 3.63) is 68.4 Å². The molecule has 0 aliphatic rings. The van der Waals surface area contributed by atoms with E-state index in [0.29, 0.717) is 4.47 Å². The number of benzene rings is 2. The van der Waals surface area contributed by atoms with Crippen LogP contribution in [0.5, 0.6) is 0 Å². The third-order valence-electron chi connectivity index (χ3n) is 3.58. The van der Waals surface area contributed by atoms with Crippen molar-refractivity contribution in [2.75, 3.05) is 0 Å². The van der Waals surface area contributed by atoms with E-state index in [9.17, 15) is 4.39 Å². The van der Waals surface area contributed by atoms with E-state index in [-0.39, 0.29) is 11.9 Å². The van der Waals surface area contributed by atoms with Crippen molar-refractivity contribution in [3.63, 3.8) is 0 Å². The molecule has 0 aliphatic carbocycles. The maximum Gasteiger partial charge on any atom is 0.124 e. The lowest BCUT2D eigenvalue weighted by atomic mass is 9.92. The third kappa shape index (κ3) is 3.08.